The molecule has 0 bridgehead atoms. The first-order valence-electron chi connectivity index (χ1n) is 5.81. The summed E-state index contributed by atoms with van der Waals surface area (Å²) in [7, 11) is 0. The molecule has 0 saturated carbocycles. The van der Waals surface area contributed by atoms with Gasteiger partial charge in [-0.15, -0.1) is 0 Å². The Bertz CT molecular complexity index is 278. The molecule has 0 fully saturated rings. The minimum Gasteiger partial charge on any atom is -0.315 e. The highest BCUT2D eigenvalue weighted by Gasteiger charge is 2.04. The van der Waals surface area contributed by atoms with Crippen molar-refractivity contribution in [2.75, 3.05) is 13.1 Å². The quantitative estimate of drug-likeness (QED) is 0.729. The summed E-state index contributed by atoms with van der Waals surface area (Å²) in [5, 5.41) is 7.77. The Labute approximate surface area is 92.9 Å². The zero-order valence-corrected chi connectivity index (χ0v) is 10.3. The van der Waals surface area contributed by atoms with Gasteiger partial charge in [0.05, 0.1) is 12.2 Å². The second-order valence-electron chi connectivity index (χ2n) is 4.73. The Morgan fingerprint density at radius 3 is 2.67 bits per heavy atom. The monoisotopic (exact) mass is 209 g/mol. The molecule has 1 rings (SSSR count). The third-order valence-corrected chi connectivity index (χ3v) is 2.52. The number of rotatable bonds is 6. The molecule has 1 N–H and O–H groups in total. The van der Waals surface area contributed by atoms with Crippen molar-refractivity contribution in [3.63, 3.8) is 0 Å². The normalized spacial score (nSPS) is 13.4. The fourth-order valence-corrected chi connectivity index (χ4v) is 1.47. The molecule has 1 aromatic heterocycles. The van der Waals surface area contributed by atoms with Crippen molar-refractivity contribution >= 4 is 0 Å². The number of nitrogens with one attached hydrogen (secondary N) is 1. The van der Waals surface area contributed by atoms with Gasteiger partial charge in [-0.1, -0.05) is 13.8 Å². The van der Waals surface area contributed by atoms with E-state index < -0.39 is 0 Å². The van der Waals surface area contributed by atoms with Gasteiger partial charge in [0, 0.05) is 12.7 Å². The first-order valence-corrected chi connectivity index (χ1v) is 5.81. The molecule has 0 aliphatic carbocycles. The van der Waals surface area contributed by atoms with Crippen LogP contribution in [0.15, 0.2) is 12.4 Å². The molecule has 1 aromatic rings. The minimum atomic E-state index is 0.436. The van der Waals surface area contributed by atoms with Crippen LogP contribution in [0.3, 0.4) is 0 Å². The Morgan fingerprint density at radius 2 is 2.13 bits per heavy atom. The van der Waals surface area contributed by atoms with E-state index in [4.69, 9.17) is 0 Å². The van der Waals surface area contributed by atoms with E-state index in [-0.39, 0.29) is 0 Å². The standard InChI is InChI=1S/C12H23N3/c1-10(2)5-6-13-8-12(4)15-9-11(3)7-14-15/h7,9-10,12-13H,5-6,8H2,1-4H3. The lowest BCUT2D eigenvalue weighted by molar-refractivity contribution is 0.438. The van der Waals surface area contributed by atoms with Crippen molar-refractivity contribution in [3.05, 3.63) is 18.0 Å². The zero-order chi connectivity index (χ0) is 11.3. The van der Waals surface area contributed by atoms with Crippen LogP contribution in [0.1, 0.15) is 38.8 Å². The Balaban J connectivity index is 2.21. The number of hydrogen-bond donors (Lipinski definition) is 1. The van der Waals surface area contributed by atoms with Crippen LogP contribution in [0.5, 0.6) is 0 Å². The van der Waals surface area contributed by atoms with Gasteiger partial charge >= 0.3 is 0 Å². The van der Waals surface area contributed by atoms with E-state index in [0.29, 0.717) is 6.04 Å². The van der Waals surface area contributed by atoms with Crippen LogP contribution in [0.2, 0.25) is 0 Å². The molecule has 86 valence electrons. The molecule has 1 atom stereocenters. The van der Waals surface area contributed by atoms with Gasteiger partial charge in [-0.2, -0.15) is 5.10 Å². The van der Waals surface area contributed by atoms with Gasteiger partial charge < -0.3 is 5.32 Å². The maximum atomic E-state index is 4.31. The lowest BCUT2D eigenvalue weighted by atomic mass is 10.1. The second kappa shape index (κ2) is 5.91. The van der Waals surface area contributed by atoms with Crippen molar-refractivity contribution in [2.45, 2.75) is 40.2 Å². The summed E-state index contributed by atoms with van der Waals surface area (Å²) < 4.78 is 2.03. The zero-order valence-electron chi connectivity index (χ0n) is 10.3. The van der Waals surface area contributed by atoms with E-state index in [9.17, 15) is 0 Å². The van der Waals surface area contributed by atoms with Gasteiger partial charge in [0.1, 0.15) is 0 Å². The molecular weight excluding hydrogens is 186 g/mol. The molecule has 0 spiro atoms. The van der Waals surface area contributed by atoms with E-state index in [1.54, 1.807) is 0 Å². The molecule has 0 amide bonds. The maximum Gasteiger partial charge on any atom is 0.0615 e. The van der Waals surface area contributed by atoms with Crippen LogP contribution in [-0.4, -0.2) is 22.9 Å². The number of nitrogens with zero attached hydrogens (tertiary/aromatic N) is 2. The van der Waals surface area contributed by atoms with Crippen molar-refractivity contribution in [2.24, 2.45) is 5.92 Å². The number of hydrogen-bond acceptors (Lipinski definition) is 2. The van der Waals surface area contributed by atoms with Crippen LogP contribution in [0.25, 0.3) is 0 Å². The fraction of sp³-hybridized carbons (Fsp3) is 0.750. The topological polar surface area (TPSA) is 29.9 Å². The van der Waals surface area contributed by atoms with E-state index in [1.165, 1.54) is 12.0 Å². The number of aromatic nitrogens is 2. The summed E-state index contributed by atoms with van der Waals surface area (Å²) in [4.78, 5) is 0. The molecule has 0 aromatic carbocycles. The van der Waals surface area contributed by atoms with E-state index in [2.05, 4.69) is 44.3 Å². The Kier molecular flexibility index (Phi) is 4.82. The highest BCUT2D eigenvalue weighted by molar-refractivity contribution is 5.00. The minimum absolute atomic E-state index is 0.436. The van der Waals surface area contributed by atoms with Crippen molar-refractivity contribution in [1.29, 1.82) is 0 Å². The Morgan fingerprint density at radius 1 is 1.40 bits per heavy atom. The highest BCUT2D eigenvalue weighted by Crippen LogP contribution is 2.04. The van der Waals surface area contributed by atoms with Crippen molar-refractivity contribution in [1.82, 2.24) is 15.1 Å². The summed E-state index contributed by atoms with van der Waals surface area (Å²) in [5.41, 5.74) is 1.23. The van der Waals surface area contributed by atoms with Gasteiger partial charge in [0.2, 0.25) is 0 Å². The van der Waals surface area contributed by atoms with Gasteiger partial charge in [-0.25, -0.2) is 0 Å². The van der Waals surface area contributed by atoms with Crippen molar-refractivity contribution < 1.29 is 0 Å². The molecule has 15 heavy (non-hydrogen) atoms. The third kappa shape index (κ3) is 4.47. The number of aryl methyl sites for hydroxylation is 1. The first kappa shape index (κ1) is 12.2. The SMILES string of the molecule is Cc1cnn(C(C)CNCCC(C)C)c1. The molecule has 1 heterocycles. The third-order valence-electron chi connectivity index (χ3n) is 2.52. The highest BCUT2D eigenvalue weighted by atomic mass is 15.3. The molecule has 1 unspecified atom stereocenters. The average Bonchev–Trinajstić information content (AvgIpc) is 2.59. The summed E-state index contributed by atoms with van der Waals surface area (Å²) in [6.07, 6.45) is 5.24. The summed E-state index contributed by atoms with van der Waals surface area (Å²) in [5.74, 6) is 0.778. The molecule has 3 heteroatoms. The Hall–Kier alpha value is -0.830. The van der Waals surface area contributed by atoms with E-state index in [0.717, 1.165) is 19.0 Å². The lowest BCUT2D eigenvalue weighted by Gasteiger charge is -2.13. The predicted octanol–water partition coefficient (Wildman–Crippen LogP) is 2.39. The van der Waals surface area contributed by atoms with Crippen LogP contribution >= 0.6 is 0 Å². The molecule has 0 saturated heterocycles. The van der Waals surface area contributed by atoms with Crippen molar-refractivity contribution in [3.8, 4) is 0 Å². The molecule has 0 aliphatic heterocycles. The van der Waals surface area contributed by atoms with Crippen LogP contribution in [0.4, 0.5) is 0 Å². The second-order valence-corrected chi connectivity index (χ2v) is 4.73. The maximum absolute atomic E-state index is 4.31. The summed E-state index contributed by atoms with van der Waals surface area (Å²) in [6, 6.07) is 0.436. The summed E-state index contributed by atoms with van der Waals surface area (Å²) >= 11 is 0. The molecular formula is C12H23N3. The molecule has 3 nitrogen and oxygen atoms in total. The average molecular weight is 209 g/mol. The van der Waals surface area contributed by atoms with Gasteiger partial charge in [0.25, 0.3) is 0 Å². The molecule has 0 aliphatic rings. The lowest BCUT2D eigenvalue weighted by Crippen LogP contribution is -2.25. The predicted molar refractivity (Wildman–Crippen MR) is 64.0 cm³/mol. The smallest absolute Gasteiger partial charge is 0.0615 e. The fourth-order valence-electron chi connectivity index (χ4n) is 1.47. The van der Waals surface area contributed by atoms with Gasteiger partial charge in [-0.05, 0) is 38.3 Å². The van der Waals surface area contributed by atoms with Gasteiger partial charge in [0.15, 0.2) is 0 Å². The van der Waals surface area contributed by atoms with Gasteiger partial charge in [-0.3, -0.25) is 4.68 Å². The largest absolute Gasteiger partial charge is 0.315 e. The van der Waals surface area contributed by atoms with E-state index in [1.807, 2.05) is 10.9 Å². The van der Waals surface area contributed by atoms with Crippen LogP contribution in [0, 0.1) is 12.8 Å². The molecule has 0 radical (unpaired) electrons. The first-order chi connectivity index (χ1) is 7.09. The van der Waals surface area contributed by atoms with Crippen LogP contribution in [-0.2, 0) is 0 Å². The van der Waals surface area contributed by atoms with E-state index >= 15 is 0 Å². The van der Waals surface area contributed by atoms with Crippen LogP contribution < -0.4 is 5.32 Å². The summed E-state index contributed by atoms with van der Waals surface area (Å²) in [6.45, 7) is 10.9.